The summed E-state index contributed by atoms with van der Waals surface area (Å²) < 4.78 is 37.2. The molecule has 8 heteroatoms. The van der Waals surface area contributed by atoms with E-state index in [1.807, 2.05) is 0 Å². The third kappa shape index (κ3) is 1.90. The molecule has 0 radical (unpaired) electrons. The Kier molecular flexibility index (Phi) is 2.60. The molecule has 0 aliphatic carbocycles. The fourth-order valence-corrected chi connectivity index (χ4v) is 3.41. The number of nitrogens with zero attached hydrogens (tertiary/aromatic N) is 2. The standard InChI is InChI=1S/C11H9F3N2O2S/c12-11(13,14)5-16-9(17)8-6-2-4-19-7(6)1-3-15(8)10(16)18/h2,4,8H,1,3,5H2. The Morgan fingerprint density at radius 2 is 2.11 bits per heavy atom. The van der Waals surface area contributed by atoms with Gasteiger partial charge in [-0.15, -0.1) is 11.3 Å². The maximum Gasteiger partial charge on any atom is 0.406 e. The van der Waals surface area contributed by atoms with Crippen LogP contribution in [0.25, 0.3) is 0 Å². The number of alkyl halides is 3. The molecule has 4 nitrogen and oxygen atoms in total. The molecule has 0 spiro atoms. The minimum absolute atomic E-state index is 0.289. The van der Waals surface area contributed by atoms with Gasteiger partial charge in [-0.2, -0.15) is 13.2 Å². The Morgan fingerprint density at radius 3 is 2.79 bits per heavy atom. The summed E-state index contributed by atoms with van der Waals surface area (Å²) in [5, 5.41) is 1.79. The highest BCUT2D eigenvalue weighted by Crippen LogP contribution is 2.39. The van der Waals surface area contributed by atoms with Crippen molar-refractivity contribution in [1.29, 1.82) is 0 Å². The first-order chi connectivity index (χ1) is 8.88. The van der Waals surface area contributed by atoms with Crippen molar-refractivity contribution in [2.45, 2.75) is 18.6 Å². The van der Waals surface area contributed by atoms with E-state index < -0.39 is 30.7 Å². The predicted molar refractivity (Wildman–Crippen MR) is 60.6 cm³/mol. The molecule has 1 aromatic heterocycles. The number of thiophene rings is 1. The average molecular weight is 290 g/mol. The number of fused-ring (bicyclic) bond motifs is 3. The molecule has 0 bridgehead atoms. The van der Waals surface area contributed by atoms with Crippen LogP contribution >= 0.6 is 11.3 Å². The Hall–Kier alpha value is -1.57. The lowest BCUT2D eigenvalue weighted by molar-refractivity contribution is -0.153. The predicted octanol–water partition coefficient (Wildman–Crippen LogP) is 2.17. The first-order valence-electron chi connectivity index (χ1n) is 5.63. The van der Waals surface area contributed by atoms with Crippen LogP contribution < -0.4 is 0 Å². The molecule has 3 amide bonds. The minimum atomic E-state index is -4.57. The summed E-state index contributed by atoms with van der Waals surface area (Å²) in [5.41, 5.74) is 0.666. The van der Waals surface area contributed by atoms with Gasteiger partial charge in [-0.1, -0.05) is 0 Å². The van der Waals surface area contributed by atoms with Crippen molar-refractivity contribution in [3.8, 4) is 0 Å². The number of hydrogen-bond acceptors (Lipinski definition) is 3. The lowest BCUT2D eigenvalue weighted by Gasteiger charge is -2.26. The van der Waals surface area contributed by atoms with E-state index in [2.05, 4.69) is 0 Å². The molecule has 0 saturated carbocycles. The number of imide groups is 1. The third-order valence-electron chi connectivity index (χ3n) is 3.28. The van der Waals surface area contributed by atoms with E-state index in [-0.39, 0.29) is 6.54 Å². The van der Waals surface area contributed by atoms with E-state index in [9.17, 15) is 22.8 Å². The number of halogens is 3. The monoisotopic (exact) mass is 290 g/mol. The lowest BCUT2D eigenvalue weighted by atomic mass is 10.0. The zero-order chi connectivity index (χ0) is 13.8. The molecule has 102 valence electrons. The molecule has 1 saturated heterocycles. The van der Waals surface area contributed by atoms with Gasteiger partial charge >= 0.3 is 12.2 Å². The fraction of sp³-hybridized carbons (Fsp3) is 0.455. The van der Waals surface area contributed by atoms with E-state index in [4.69, 9.17) is 0 Å². The van der Waals surface area contributed by atoms with Gasteiger partial charge < -0.3 is 4.90 Å². The second-order valence-electron chi connectivity index (χ2n) is 4.47. The molecule has 19 heavy (non-hydrogen) atoms. The molecule has 3 heterocycles. The molecule has 3 rings (SSSR count). The van der Waals surface area contributed by atoms with Crippen molar-refractivity contribution in [1.82, 2.24) is 9.80 Å². The Labute approximate surface area is 110 Å². The number of hydrogen-bond donors (Lipinski definition) is 0. The van der Waals surface area contributed by atoms with E-state index in [1.165, 1.54) is 16.2 Å². The topological polar surface area (TPSA) is 40.6 Å². The van der Waals surface area contributed by atoms with Crippen LogP contribution in [0.5, 0.6) is 0 Å². The number of rotatable bonds is 1. The van der Waals surface area contributed by atoms with Crippen molar-refractivity contribution in [3.05, 3.63) is 21.9 Å². The largest absolute Gasteiger partial charge is 0.406 e. The second-order valence-corrected chi connectivity index (χ2v) is 5.47. The maximum atomic E-state index is 12.4. The SMILES string of the molecule is O=C1C2c3ccsc3CCN2C(=O)N1CC(F)(F)F. The van der Waals surface area contributed by atoms with Crippen molar-refractivity contribution in [3.63, 3.8) is 0 Å². The number of carbonyl (C=O) groups is 2. The zero-order valence-electron chi connectivity index (χ0n) is 9.61. The van der Waals surface area contributed by atoms with E-state index >= 15 is 0 Å². The maximum absolute atomic E-state index is 12.4. The van der Waals surface area contributed by atoms with Gasteiger partial charge in [-0.05, 0) is 23.4 Å². The summed E-state index contributed by atoms with van der Waals surface area (Å²) in [4.78, 5) is 26.4. The van der Waals surface area contributed by atoms with E-state index in [1.54, 1.807) is 11.4 Å². The quantitative estimate of drug-likeness (QED) is 0.744. The van der Waals surface area contributed by atoms with Crippen LogP contribution in [0, 0.1) is 0 Å². The lowest BCUT2D eigenvalue weighted by Crippen LogP contribution is -2.40. The van der Waals surface area contributed by atoms with Crippen LogP contribution in [0.1, 0.15) is 16.5 Å². The van der Waals surface area contributed by atoms with Gasteiger partial charge in [0.2, 0.25) is 0 Å². The highest BCUT2D eigenvalue weighted by molar-refractivity contribution is 7.10. The fourth-order valence-electron chi connectivity index (χ4n) is 2.51. The van der Waals surface area contributed by atoms with Gasteiger partial charge in [0.05, 0.1) is 0 Å². The van der Waals surface area contributed by atoms with Crippen LogP contribution in [0.2, 0.25) is 0 Å². The molecule has 1 aromatic rings. The first-order valence-corrected chi connectivity index (χ1v) is 6.51. The molecule has 1 fully saturated rings. The van der Waals surface area contributed by atoms with Crippen molar-refractivity contribution < 1.29 is 22.8 Å². The molecule has 0 aromatic carbocycles. The van der Waals surface area contributed by atoms with E-state index in [0.717, 1.165) is 4.88 Å². The molecular weight excluding hydrogens is 281 g/mol. The molecule has 2 aliphatic heterocycles. The van der Waals surface area contributed by atoms with Crippen LogP contribution in [-0.4, -0.2) is 41.0 Å². The zero-order valence-corrected chi connectivity index (χ0v) is 10.4. The molecule has 1 unspecified atom stereocenters. The van der Waals surface area contributed by atoms with Crippen LogP contribution in [-0.2, 0) is 11.2 Å². The van der Waals surface area contributed by atoms with E-state index in [0.29, 0.717) is 16.9 Å². The van der Waals surface area contributed by atoms with Crippen LogP contribution in [0.3, 0.4) is 0 Å². The molecule has 0 N–H and O–H groups in total. The highest BCUT2D eigenvalue weighted by atomic mass is 32.1. The van der Waals surface area contributed by atoms with Crippen molar-refractivity contribution >= 4 is 23.3 Å². The number of amides is 3. The van der Waals surface area contributed by atoms with Crippen molar-refractivity contribution in [2.75, 3.05) is 13.1 Å². The average Bonchev–Trinajstić information content (AvgIpc) is 2.86. The summed E-state index contributed by atoms with van der Waals surface area (Å²) >= 11 is 1.46. The number of carbonyl (C=O) groups excluding carboxylic acids is 2. The Bertz CT molecular complexity index is 554. The molecule has 1 atom stereocenters. The van der Waals surface area contributed by atoms with Gasteiger partial charge in [0.15, 0.2) is 0 Å². The molecular formula is C11H9F3N2O2S. The summed E-state index contributed by atoms with van der Waals surface area (Å²) in [6, 6.07) is -0.00643. The third-order valence-corrected chi connectivity index (χ3v) is 4.28. The van der Waals surface area contributed by atoms with Gasteiger partial charge in [-0.25, -0.2) is 4.79 Å². The normalized spacial score (nSPS) is 22.8. The number of urea groups is 1. The smallest absolute Gasteiger partial charge is 0.308 e. The van der Waals surface area contributed by atoms with Crippen LogP contribution in [0.15, 0.2) is 11.4 Å². The Morgan fingerprint density at radius 1 is 1.37 bits per heavy atom. The highest BCUT2D eigenvalue weighted by Gasteiger charge is 2.51. The summed E-state index contributed by atoms with van der Waals surface area (Å²) in [6.07, 6.45) is -3.99. The Balaban J connectivity index is 1.95. The minimum Gasteiger partial charge on any atom is -0.308 e. The summed E-state index contributed by atoms with van der Waals surface area (Å²) in [6.45, 7) is -1.23. The summed E-state index contributed by atoms with van der Waals surface area (Å²) in [5.74, 6) is -0.776. The van der Waals surface area contributed by atoms with Gasteiger partial charge in [0.1, 0.15) is 12.6 Å². The second kappa shape index (κ2) is 3.96. The first kappa shape index (κ1) is 12.5. The van der Waals surface area contributed by atoms with Gasteiger partial charge in [-0.3, -0.25) is 9.69 Å². The molecule has 2 aliphatic rings. The van der Waals surface area contributed by atoms with Gasteiger partial charge in [0, 0.05) is 11.4 Å². The van der Waals surface area contributed by atoms with Crippen molar-refractivity contribution in [2.24, 2.45) is 0 Å². The van der Waals surface area contributed by atoms with Gasteiger partial charge in [0.25, 0.3) is 5.91 Å². The summed E-state index contributed by atoms with van der Waals surface area (Å²) in [7, 11) is 0. The van der Waals surface area contributed by atoms with Crippen LogP contribution in [0.4, 0.5) is 18.0 Å².